The van der Waals surface area contributed by atoms with Crippen molar-refractivity contribution in [3.05, 3.63) is 48.3 Å². The predicted molar refractivity (Wildman–Crippen MR) is 106 cm³/mol. The zero-order chi connectivity index (χ0) is 18.8. The fourth-order valence-electron chi connectivity index (χ4n) is 2.29. The standard InChI is InChI=1S/C16H11Cl3N2O3S2/c1-2-24-12(22)7-21-13-9(17)4-3-5-10(13)25-16(21)20-15(23)8-6-11(18)26-14(8)19/h3-6H,2,7H2,1H3. The van der Waals surface area contributed by atoms with Crippen LogP contribution in [-0.4, -0.2) is 23.1 Å². The maximum absolute atomic E-state index is 12.5. The van der Waals surface area contributed by atoms with Gasteiger partial charge in [0.15, 0.2) is 4.80 Å². The van der Waals surface area contributed by atoms with Crippen molar-refractivity contribution in [1.82, 2.24) is 4.57 Å². The average molecular weight is 450 g/mol. The molecule has 1 aromatic carbocycles. The summed E-state index contributed by atoms with van der Waals surface area (Å²) in [6.07, 6.45) is 0. The average Bonchev–Trinajstić information content (AvgIpc) is 3.08. The van der Waals surface area contributed by atoms with E-state index in [1.54, 1.807) is 23.6 Å². The van der Waals surface area contributed by atoms with Crippen LogP contribution in [0.25, 0.3) is 10.2 Å². The van der Waals surface area contributed by atoms with Crippen molar-refractivity contribution in [1.29, 1.82) is 0 Å². The van der Waals surface area contributed by atoms with Gasteiger partial charge in [-0.1, -0.05) is 52.2 Å². The smallest absolute Gasteiger partial charge is 0.326 e. The number of aromatic nitrogens is 1. The molecule has 2 aromatic heterocycles. The number of carbonyl (C=O) groups excluding carboxylic acids is 2. The number of halogens is 3. The van der Waals surface area contributed by atoms with E-state index >= 15 is 0 Å². The number of thiophene rings is 1. The third-order valence-electron chi connectivity index (χ3n) is 3.33. The molecule has 136 valence electrons. The number of hydrogen-bond donors (Lipinski definition) is 0. The topological polar surface area (TPSA) is 60.7 Å². The molecular weight excluding hydrogens is 439 g/mol. The highest BCUT2D eigenvalue weighted by atomic mass is 35.5. The Labute approximate surface area is 171 Å². The third-order valence-corrected chi connectivity index (χ3v) is 6.16. The van der Waals surface area contributed by atoms with Gasteiger partial charge in [-0.25, -0.2) is 0 Å². The number of esters is 1. The Morgan fingerprint density at radius 3 is 2.65 bits per heavy atom. The molecule has 0 N–H and O–H groups in total. The molecule has 0 atom stereocenters. The first-order valence-corrected chi connectivity index (χ1v) is 10.1. The zero-order valence-electron chi connectivity index (χ0n) is 13.3. The third kappa shape index (κ3) is 3.97. The van der Waals surface area contributed by atoms with E-state index in [0.29, 0.717) is 19.7 Å². The minimum absolute atomic E-state index is 0.109. The summed E-state index contributed by atoms with van der Waals surface area (Å²) in [6.45, 7) is 1.86. The van der Waals surface area contributed by atoms with E-state index < -0.39 is 11.9 Å². The summed E-state index contributed by atoms with van der Waals surface area (Å²) in [6, 6.07) is 6.80. The summed E-state index contributed by atoms with van der Waals surface area (Å²) < 4.78 is 8.03. The molecule has 0 saturated heterocycles. The number of para-hydroxylation sites is 1. The van der Waals surface area contributed by atoms with Gasteiger partial charge in [0.2, 0.25) is 0 Å². The molecule has 1 amide bonds. The molecule has 26 heavy (non-hydrogen) atoms. The lowest BCUT2D eigenvalue weighted by Gasteiger charge is -2.06. The molecule has 0 aliphatic heterocycles. The number of fused-ring (bicyclic) bond motifs is 1. The number of ether oxygens (including phenoxy) is 1. The van der Waals surface area contributed by atoms with E-state index in [1.165, 1.54) is 17.4 Å². The van der Waals surface area contributed by atoms with Crippen molar-refractivity contribution in [2.45, 2.75) is 13.5 Å². The molecule has 0 radical (unpaired) electrons. The van der Waals surface area contributed by atoms with E-state index in [1.807, 2.05) is 6.07 Å². The molecule has 0 saturated carbocycles. The summed E-state index contributed by atoms with van der Waals surface area (Å²) in [7, 11) is 0. The Kier molecular flexibility index (Phi) is 6.04. The number of hydrogen-bond acceptors (Lipinski definition) is 5. The van der Waals surface area contributed by atoms with Crippen LogP contribution in [0.2, 0.25) is 13.7 Å². The number of thiazole rings is 1. The van der Waals surface area contributed by atoms with Crippen LogP contribution in [0, 0.1) is 0 Å². The van der Waals surface area contributed by atoms with Crippen molar-refractivity contribution in [2.75, 3.05) is 6.61 Å². The van der Waals surface area contributed by atoms with Crippen molar-refractivity contribution >= 4 is 79.6 Å². The normalized spacial score (nSPS) is 11.9. The van der Waals surface area contributed by atoms with E-state index in [4.69, 9.17) is 39.5 Å². The highest BCUT2D eigenvalue weighted by Crippen LogP contribution is 2.31. The van der Waals surface area contributed by atoms with Gasteiger partial charge < -0.3 is 9.30 Å². The van der Waals surface area contributed by atoms with Crippen molar-refractivity contribution < 1.29 is 14.3 Å². The SMILES string of the molecule is CCOC(=O)Cn1c(=NC(=O)c2cc(Cl)sc2Cl)sc2cccc(Cl)c21. The van der Waals surface area contributed by atoms with E-state index in [-0.39, 0.29) is 23.1 Å². The fourth-order valence-corrected chi connectivity index (χ4v) is 5.12. The Morgan fingerprint density at radius 2 is 2.00 bits per heavy atom. The largest absolute Gasteiger partial charge is 0.465 e. The second-order valence-electron chi connectivity index (χ2n) is 5.02. The second-order valence-corrected chi connectivity index (χ2v) is 8.72. The molecule has 10 heteroatoms. The Morgan fingerprint density at radius 1 is 1.23 bits per heavy atom. The van der Waals surface area contributed by atoms with Gasteiger partial charge in [-0.2, -0.15) is 4.99 Å². The molecule has 2 heterocycles. The Bertz CT molecular complexity index is 1070. The minimum atomic E-state index is -0.543. The summed E-state index contributed by atoms with van der Waals surface area (Å²) in [5.41, 5.74) is 0.834. The summed E-state index contributed by atoms with van der Waals surface area (Å²) >= 11 is 20.5. The quantitative estimate of drug-likeness (QED) is 0.525. The predicted octanol–water partition coefficient (Wildman–Crippen LogP) is 5.03. The van der Waals surface area contributed by atoms with Crippen LogP contribution in [0.5, 0.6) is 0 Å². The second kappa shape index (κ2) is 8.10. The molecule has 0 unspecified atom stereocenters. The van der Waals surface area contributed by atoms with Gasteiger partial charge in [0.1, 0.15) is 10.9 Å². The zero-order valence-corrected chi connectivity index (χ0v) is 17.2. The van der Waals surface area contributed by atoms with Gasteiger partial charge in [0, 0.05) is 0 Å². The van der Waals surface area contributed by atoms with E-state index in [2.05, 4.69) is 4.99 Å². The monoisotopic (exact) mass is 448 g/mol. The van der Waals surface area contributed by atoms with E-state index in [0.717, 1.165) is 16.0 Å². The first kappa shape index (κ1) is 19.4. The fraction of sp³-hybridized carbons (Fsp3) is 0.188. The maximum Gasteiger partial charge on any atom is 0.326 e. The van der Waals surface area contributed by atoms with Gasteiger partial charge in [-0.05, 0) is 25.1 Å². The van der Waals surface area contributed by atoms with Crippen LogP contribution in [0.1, 0.15) is 17.3 Å². The molecule has 3 rings (SSSR count). The molecule has 0 fully saturated rings. The Hall–Kier alpha value is -1.38. The number of nitrogens with zero attached hydrogens (tertiary/aromatic N) is 2. The van der Waals surface area contributed by atoms with Gasteiger partial charge in [-0.15, -0.1) is 11.3 Å². The molecule has 0 aliphatic carbocycles. The number of carbonyl (C=O) groups is 2. The molecule has 0 bridgehead atoms. The molecular formula is C16H11Cl3N2O3S2. The number of rotatable bonds is 4. The lowest BCUT2D eigenvalue weighted by molar-refractivity contribution is -0.143. The molecule has 5 nitrogen and oxygen atoms in total. The van der Waals surface area contributed by atoms with Crippen molar-refractivity contribution in [3.63, 3.8) is 0 Å². The lowest BCUT2D eigenvalue weighted by Crippen LogP contribution is -2.23. The first-order valence-electron chi connectivity index (χ1n) is 7.38. The first-order chi connectivity index (χ1) is 12.4. The van der Waals surface area contributed by atoms with Gasteiger partial charge in [0.25, 0.3) is 5.91 Å². The van der Waals surface area contributed by atoms with Gasteiger partial charge in [-0.3, -0.25) is 9.59 Å². The summed E-state index contributed by atoms with van der Waals surface area (Å²) in [5, 5.41) is 0.452. The highest BCUT2D eigenvalue weighted by molar-refractivity contribution is 7.20. The summed E-state index contributed by atoms with van der Waals surface area (Å²) in [5.74, 6) is -0.990. The maximum atomic E-state index is 12.5. The van der Waals surface area contributed by atoms with Gasteiger partial charge >= 0.3 is 5.97 Å². The lowest BCUT2D eigenvalue weighted by atomic mass is 10.3. The van der Waals surface area contributed by atoms with Crippen LogP contribution in [0.3, 0.4) is 0 Å². The minimum Gasteiger partial charge on any atom is -0.465 e. The summed E-state index contributed by atoms with van der Waals surface area (Å²) in [4.78, 5) is 29.0. The number of amides is 1. The molecule has 3 aromatic rings. The van der Waals surface area contributed by atoms with Crippen molar-refractivity contribution in [2.24, 2.45) is 4.99 Å². The van der Waals surface area contributed by atoms with Gasteiger partial charge in [0.05, 0.1) is 31.7 Å². The molecule has 0 aliphatic rings. The number of benzene rings is 1. The molecule has 0 spiro atoms. The van der Waals surface area contributed by atoms with Crippen LogP contribution >= 0.6 is 57.5 Å². The van der Waals surface area contributed by atoms with Crippen LogP contribution < -0.4 is 4.80 Å². The van der Waals surface area contributed by atoms with Crippen LogP contribution in [0.15, 0.2) is 29.3 Å². The Balaban J connectivity index is 2.15. The van der Waals surface area contributed by atoms with Crippen LogP contribution in [-0.2, 0) is 16.1 Å². The van der Waals surface area contributed by atoms with E-state index in [9.17, 15) is 9.59 Å². The highest BCUT2D eigenvalue weighted by Gasteiger charge is 2.17. The van der Waals surface area contributed by atoms with Crippen LogP contribution in [0.4, 0.5) is 0 Å². The van der Waals surface area contributed by atoms with Crippen molar-refractivity contribution in [3.8, 4) is 0 Å².